The lowest BCUT2D eigenvalue weighted by molar-refractivity contribution is 0.0962. The van der Waals surface area contributed by atoms with Crippen molar-refractivity contribution in [1.82, 2.24) is 10.2 Å². The van der Waals surface area contributed by atoms with Crippen molar-refractivity contribution in [3.05, 3.63) is 29.3 Å². The van der Waals surface area contributed by atoms with Crippen molar-refractivity contribution in [1.29, 1.82) is 0 Å². The molecule has 3 N–H and O–H groups in total. The van der Waals surface area contributed by atoms with Gasteiger partial charge in [0.1, 0.15) is 11.5 Å². The summed E-state index contributed by atoms with van der Waals surface area (Å²) in [5, 5.41) is 6.79. The SMILES string of the molecule is Cc1[nH]ncc1-c1cc2c(o1)CC(N)CC2=O. The van der Waals surface area contributed by atoms with E-state index in [0.717, 1.165) is 11.3 Å². The summed E-state index contributed by atoms with van der Waals surface area (Å²) < 4.78 is 5.71. The van der Waals surface area contributed by atoms with E-state index in [9.17, 15) is 4.79 Å². The molecule has 0 radical (unpaired) electrons. The van der Waals surface area contributed by atoms with E-state index in [0.29, 0.717) is 29.9 Å². The van der Waals surface area contributed by atoms with Crippen LogP contribution in [0.1, 0.15) is 28.2 Å². The van der Waals surface area contributed by atoms with E-state index in [2.05, 4.69) is 10.2 Å². The number of carbonyl (C=O) groups is 1. The van der Waals surface area contributed by atoms with Gasteiger partial charge in [-0.25, -0.2) is 0 Å². The summed E-state index contributed by atoms with van der Waals surface area (Å²) in [6, 6.07) is 1.67. The number of nitrogens with one attached hydrogen (secondary N) is 1. The molecule has 0 aromatic carbocycles. The van der Waals surface area contributed by atoms with Gasteiger partial charge >= 0.3 is 0 Å². The van der Waals surface area contributed by atoms with Crippen molar-refractivity contribution in [2.75, 3.05) is 0 Å². The first-order valence-electron chi connectivity index (χ1n) is 5.57. The molecule has 5 nitrogen and oxygen atoms in total. The smallest absolute Gasteiger partial charge is 0.167 e. The van der Waals surface area contributed by atoms with E-state index >= 15 is 0 Å². The molecule has 0 bridgehead atoms. The van der Waals surface area contributed by atoms with Crippen LogP contribution in [0.5, 0.6) is 0 Å². The number of aromatic nitrogens is 2. The summed E-state index contributed by atoms with van der Waals surface area (Å²) >= 11 is 0. The molecule has 88 valence electrons. The van der Waals surface area contributed by atoms with Crippen LogP contribution in [0.4, 0.5) is 0 Å². The minimum absolute atomic E-state index is 0.0647. The minimum atomic E-state index is -0.126. The maximum Gasteiger partial charge on any atom is 0.167 e. The number of aromatic amines is 1. The lowest BCUT2D eigenvalue weighted by Crippen LogP contribution is -2.30. The van der Waals surface area contributed by atoms with Crippen LogP contribution in [-0.4, -0.2) is 22.0 Å². The second-order valence-electron chi connectivity index (χ2n) is 4.45. The molecule has 2 aromatic rings. The molecular formula is C12H13N3O2. The van der Waals surface area contributed by atoms with E-state index in [1.807, 2.05) is 6.92 Å². The minimum Gasteiger partial charge on any atom is -0.460 e. The van der Waals surface area contributed by atoms with Crippen molar-refractivity contribution in [3.63, 3.8) is 0 Å². The Morgan fingerprint density at radius 1 is 1.47 bits per heavy atom. The number of Topliss-reactive ketones (excluding diaryl/α,β-unsaturated/α-hetero) is 1. The zero-order chi connectivity index (χ0) is 12.0. The zero-order valence-corrected chi connectivity index (χ0v) is 9.49. The Morgan fingerprint density at radius 2 is 2.29 bits per heavy atom. The maximum atomic E-state index is 11.8. The highest BCUT2D eigenvalue weighted by molar-refractivity contribution is 5.99. The van der Waals surface area contributed by atoms with Crippen LogP contribution in [0.3, 0.4) is 0 Å². The molecule has 5 heteroatoms. The first-order valence-corrected chi connectivity index (χ1v) is 5.57. The van der Waals surface area contributed by atoms with Gasteiger partial charge in [0.05, 0.1) is 17.3 Å². The van der Waals surface area contributed by atoms with Gasteiger partial charge < -0.3 is 10.2 Å². The Balaban J connectivity index is 2.08. The molecule has 17 heavy (non-hydrogen) atoms. The molecular weight excluding hydrogens is 218 g/mol. The Bertz CT molecular complexity index is 582. The highest BCUT2D eigenvalue weighted by Gasteiger charge is 2.27. The molecule has 0 aliphatic heterocycles. The van der Waals surface area contributed by atoms with E-state index < -0.39 is 0 Å². The van der Waals surface area contributed by atoms with Gasteiger partial charge in [0.2, 0.25) is 0 Å². The molecule has 0 saturated carbocycles. The highest BCUT2D eigenvalue weighted by Crippen LogP contribution is 2.31. The number of fused-ring (bicyclic) bond motifs is 1. The monoisotopic (exact) mass is 231 g/mol. The van der Waals surface area contributed by atoms with Crippen molar-refractivity contribution in [2.24, 2.45) is 5.73 Å². The van der Waals surface area contributed by atoms with Crippen LogP contribution in [0.15, 0.2) is 16.7 Å². The van der Waals surface area contributed by atoms with E-state index in [1.165, 1.54) is 0 Å². The summed E-state index contributed by atoms with van der Waals surface area (Å²) in [5.74, 6) is 1.45. The quantitative estimate of drug-likeness (QED) is 0.777. The van der Waals surface area contributed by atoms with Crippen LogP contribution in [-0.2, 0) is 6.42 Å². The van der Waals surface area contributed by atoms with Gasteiger partial charge in [-0.1, -0.05) is 0 Å². The normalized spacial score (nSPS) is 19.4. The standard InChI is InChI=1S/C12H13N3O2/c1-6-9(5-14-15-6)12-4-8-10(16)2-7(13)3-11(8)17-12/h4-5,7H,2-3,13H2,1H3,(H,14,15). The number of aryl methyl sites for hydroxylation is 1. The zero-order valence-electron chi connectivity index (χ0n) is 9.49. The first kappa shape index (κ1) is 10.3. The molecule has 2 aromatic heterocycles. The van der Waals surface area contributed by atoms with Gasteiger partial charge in [-0.05, 0) is 13.0 Å². The summed E-state index contributed by atoms with van der Waals surface area (Å²) in [6.45, 7) is 1.91. The molecule has 1 aliphatic rings. The number of rotatable bonds is 1. The second kappa shape index (κ2) is 3.56. The number of hydrogen-bond acceptors (Lipinski definition) is 4. The summed E-state index contributed by atoms with van der Waals surface area (Å²) in [5.41, 5.74) is 8.28. The van der Waals surface area contributed by atoms with Crippen molar-refractivity contribution in [2.45, 2.75) is 25.8 Å². The summed E-state index contributed by atoms with van der Waals surface area (Å²) in [6.07, 6.45) is 2.72. The average Bonchev–Trinajstić information content (AvgIpc) is 2.83. The molecule has 0 spiro atoms. The number of hydrogen-bond donors (Lipinski definition) is 2. The Kier molecular flexibility index (Phi) is 2.16. The molecule has 1 atom stereocenters. The van der Waals surface area contributed by atoms with E-state index in [4.69, 9.17) is 10.2 Å². The topological polar surface area (TPSA) is 84.9 Å². The van der Waals surface area contributed by atoms with Crippen LogP contribution in [0.2, 0.25) is 0 Å². The predicted molar refractivity (Wildman–Crippen MR) is 61.7 cm³/mol. The van der Waals surface area contributed by atoms with Crippen LogP contribution >= 0.6 is 0 Å². The van der Waals surface area contributed by atoms with Gasteiger partial charge in [0, 0.05) is 24.6 Å². The lowest BCUT2D eigenvalue weighted by atomic mass is 9.93. The number of nitrogens with two attached hydrogens (primary N) is 1. The van der Waals surface area contributed by atoms with Crippen LogP contribution in [0.25, 0.3) is 11.3 Å². The summed E-state index contributed by atoms with van der Waals surface area (Å²) in [7, 11) is 0. The van der Waals surface area contributed by atoms with E-state index in [-0.39, 0.29) is 11.8 Å². The Labute approximate surface area is 98.0 Å². The van der Waals surface area contributed by atoms with E-state index in [1.54, 1.807) is 12.3 Å². The van der Waals surface area contributed by atoms with Crippen LogP contribution < -0.4 is 5.73 Å². The summed E-state index contributed by atoms with van der Waals surface area (Å²) in [4.78, 5) is 11.8. The molecule has 1 unspecified atom stereocenters. The third-order valence-corrected chi connectivity index (χ3v) is 3.10. The van der Waals surface area contributed by atoms with Crippen molar-refractivity contribution < 1.29 is 9.21 Å². The fraction of sp³-hybridized carbons (Fsp3) is 0.333. The van der Waals surface area contributed by atoms with Crippen molar-refractivity contribution >= 4 is 5.78 Å². The third-order valence-electron chi connectivity index (χ3n) is 3.10. The second-order valence-corrected chi connectivity index (χ2v) is 4.45. The molecule has 1 aliphatic carbocycles. The number of H-pyrrole nitrogens is 1. The molecule has 3 rings (SSSR count). The molecule has 0 amide bonds. The Hall–Kier alpha value is -1.88. The van der Waals surface area contributed by atoms with Gasteiger partial charge in [-0.3, -0.25) is 9.89 Å². The largest absolute Gasteiger partial charge is 0.460 e. The highest BCUT2D eigenvalue weighted by atomic mass is 16.3. The lowest BCUT2D eigenvalue weighted by Gasteiger charge is -2.14. The maximum absolute atomic E-state index is 11.8. The van der Waals surface area contributed by atoms with Crippen molar-refractivity contribution in [3.8, 4) is 11.3 Å². The molecule has 0 fully saturated rings. The number of ketones is 1. The van der Waals surface area contributed by atoms with Gasteiger partial charge in [0.15, 0.2) is 5.78 Å². The predicted octanol–water partition coefficient (Wildman–Crippen LogP) is 1.43. The third kappa shape index (κ3) is 1.59. The molecule has 0 saturated heterocycles. The Morgan fingerprint density at radius 3 is 3.00 bits per heavy atom. The molecule has 2 heterocycles. The number of carbonyl (C=O) groups excluding carboxylic acids is 1. The van der Waals surface area contributed by atoms with Gasteiger partial charge in [-0.15, -0.1) is 0 Å². The van der Waals surface area contributed by atoms with Crippen LogP contribution in [0, 0.1) is 6.92 Å². The first-order chi connectivity index (χ1) is 8.15. The fourth-order valence-electron chi connectivity index (χ4n) is 2.21. The van der Waals surface area contributed by atoms with Gasteiger partial charge in [0.25, 0.3) is 0 Å². The number of furan rings is 1. The average molecular weight is 231 g/mol. The fourth-order valence-corrected chi connectivity index (χ4v) is 2.21. The van der Waals surface area contributed by atoms with Gasteiger partial charge in [-0.2, -0.15) is 5.10 Å². The number of nitrogens with zero attached hydrogens (tertiary/aromatic N) is 1.